The predicted molar refractivity (Wildman–Crippen MR) is 71.1 cm³/mol. The van der Waals surface area contributed by atoms with Gasteiger partial charge in [0.15, 0.2) is 0 Å². The van der Waals surface area contributed by atoms with Crippen molar-refractivity contribution < 1.29 is 9.53 Å². The molecule has 1 saturated carbocycles. The van der Waals surface area contributed by atoms with Crippen molar-refractivity contribution >= 4 is 5.97 Å². The molecule has 1 fully saturated rings. The maximum atomic E-state index is 11.8. The second-order valence-corrected chi connectivity index (χ2v) is 5.09. The number of nitrogens with two attached hydrogens (primary N) is 1. The summed E-state index contributed by atoms with van der Waals surface area (Å²) in [6.45, 7) is 0.465. The molecule has 3 nitrogen and oxygen atoms in total. The normalized spacial score (nSPS) is 17.6. The fourth-order valence-electron chi connectivity index (χ4n) is 2.44. The molecule has 0 aliphatic heterocycles. The van der Waals surface area contributed by atoms with Crippen LogP contribution in [0.4, 0.5) is 0 Å². The summed E-state index contributed by atoms with van der Waals surface area (Å²) >= 11 is 0. The first kappa shape index (κ1) is 13.1. The van der Waals surface area contributed by atoms with Gasteiger partial charge >= 0.3 is 5.97 Å². The summed E-state index contributed by atoms with van der Waals surface area (Å²) in [6, 6.07) is 10.2. The molecule has 98 valence electrons. The van der Waals surface area contributed by atoms with Gasteiger partial charge in [-0.15, -0.1) is 0 Å². The Kier molecular flexibility index (Phi) is 4.37. The van der Waals surface area contributed by atoms with Gasteiger partial charge in [0, 0.05) is 0 Å². The molecule has 2 N–H and O–H groups in total. The highest BCUT2D eigenvalue weighted by Crippen LogP contribution is 2.28. The number of esters is 1. The Labute approximate surface area is 108 Å². The second-order valence-electron chi connectivity index (χ2n) is 5.09. The van der Waals surface area contributed by atoms with Crippen LogP contribution in [0, 0.1) is 0 Å². The monoisotopic (exact) mass is 247 g/mol. The van der Waals surface area contributed by atoms with Crippen LogP contribution in [0.25, 0.3) is 0 Å². The van der Waals surface area contributed by atoms with E-state index in [1.54, 1.807) is 0 Å². The van der Waals surface area contributed by atoms with E-state index < -0.39 is 5.54 Å². The molecule has 0 atom stereocenters. The van der Waals surface area contributed by atoms with Crippen LogP contribution >= 0.6 is 0 Å². The Balaban J connectivity index is 1.68. The van der Waals surface area contributed by atoms with Crippen LogP contribution in [-0.4, -0.2) is 18.1 Å². The van der Waals surface area contributed by atoms with E-state index in [0.29, 0.717) is 6.61 Å². The first-order valence-corrected chi connectivity index (χ1v) is 6.71. The zero-order valence-electron chi connectivity index (χ0n) is 10.7. The van der Waals surface area contributed by atoms with Crippen molar-refractivity contribution in [1.29, 1.82) is 0 Å². The van der Waals surface area contributed by atoms with Crippen molar-refractivity contribution in [2.24, 2.45) is 5.73 Å². The van der Waals surface area contributed by atoms with Gasteiger partial charge in [-0.05, 0) is 31.2 Å². The average Bonchev–Trinajstić information content (AvgIpc) is 2.84. The maximum Gasteiger partial charge on any atom is 0.326 e. The smallest absolute Gasteiger partial charge is 0.326 e. The van der Waals surface area contributed by atoms with E-state index >= 15 is 0 Å². The van der Waals surface area contributed by atoms with Gasteiger partial charge in [-0.3, -0.25) is 4.79 Å². The third-order valence-electron chi connectivity index (χ3n) is 3.59. The van der Waals surface area contributed by atoms with Gasteiger partial charge < -0.3 is 10.5 Å². The van der Waals surface area contributed by atoms with Crippen LogP contribution in [0.3, 0.4) is 0 Å². The second kappa shape index (κ2) is 6.01. The first-order valence-electron chi connectivity index (χ1n) is 6.71. The van der Waals surface area contributed by atoms with E-state index in [4.69, 9.17) is 10.5 Å². The van der Waals surface area contributed by atoms with Gasteiger partial charge in [0.05, 0.1) is 6.61 Å². The lowest BCUT2D eigenvalue weighted by Gasteiger charge is -2.20. The van der Waals surface area contributed by atoms with Gasteiger partial charge in [-0.25, -0.2) is 0 Å². The van der Waals surface area contributed by atoms with Crippen molar-refractivity contribution in [3.05, 3.63) is 35.9 Å². The average molecular weight is 247 g/mol. The molecule has 0 bridgehead atoms. The Morgan fingerprint density at radius 2 is 1.89 bits per heavy atom. The summed E-state index contributed by atoms with van der Waals surface area (Å²) in [5, 5.41) is 0. The minimum Gasteiger partial charge on any atom is -0.464 e. The van der Waals surface area contributed by atoms with Gasteiger partial charge in [-0.2, -0.15) is 0 Å². The van der Waals surface area contributed by atoms with E-state index in [-0.39, 0.29) is 5.97 Å². The van der Waals surface area contributed by atoms with E-state index in [9.17, 15) is 4.79 Å². The Bertz CT molecular complexity index is 383. The van der Waals surface area contributed by atoms with E-state index in [1.165, 1.54) is 5.56 Å². The van der Waals surface area contributed by atoms with E-state index in [2.05, 4.69) is 12.1 Å². The molecule has 0 aromatic heterocycles. The number of benzene rings is 1. The van der Waals surface area contributed by atoms with E-state index in [1.807, 2.05) is 18.2 Å². The summed E-state index contributed by atoms with van der Waals surface area (Å²) in [4.78, 5) is 11.8. The number of rotatable bonds is 5. The lowest BCUT2D eigenvalue weighted by molar-refractivity contribution is -0.150. The fourth-order valence-corrected chi connectivity index (χ4v) is 2.44. The van der Waals surface area contributed by atoms with Crippen LogP contribution in [0.15, 0.2) is 30.3 Å². The molecule has 3 heteroatoms. The van der Waals surface area contributed by atoms with Gasteiger partial charge in [0.1, 0.15) is 5.54 Å². The van der Waals surface area contributed by atoms with Crippen molar-refractivity contribution in [3.8, 4) is 0 Å². The minimum atomic E-state index is -0.702. The number of hydrogen-bond donors (Lipinski definition) is 1. The lowest BCUT2D eigenvalue weighted by Crippen LogP contribution is -2.46. The molecular weight excluding hydrogens is 226 g/mol. The van der Waals surface area contributed by atoms with Crippen LogP contribution < -0.4 is 5.73 Å². The molecule has 1 aliphatic rings. The summed E-state index contributed by atoms with van der Waals surface area (Å²) in [7, 11) is 0. The van der Waals surface area contributed by atoms with Crippen LogP contribution in [0.1, 0.15) is 37.7 Å². The summed E-state index contributed by atoms with van der Waals surface area (Å²) < 4.78 is 5.29. The Hall–Kier alpha value is -1.35. The Morgan fingerprint density at radius 3 is 2.56 bits per heavy atom. The molecule has 0 radical (unpaired) electrons. The highest BCUT2D eigenvalue weighted by molar-refractivity contribution is 5.80. The molecule has 1 aromatic rings. The maximum absolute atomic E-state index is 11.8. The zero-order chi connectivity index (χ0) is 12.8. The molecule has 0 saturated heterocycles. The summed E-state index contributed by atoms with van der Waals surface area (Å²) in [5.41, 5.74) is 6.59. The molecule has 1 aliphatic carbocycles. The molecular formula is C15H21NO2. The third kappa shape index (κ3) is 3.33. The van der Waals surface area contributed by atoms with Gasteiger partial charge in [0.2, 0.25) is 0 Å². The molecule has 0 unspecified atom stereocenters. The number of carbonyl (C=O) groups is 1. The highest BCUT2D eigenvalue weighted by Gasteiger charge is 2.38. The predicted octanol–water partition coefficient (Wildman–Crippen LogP) is 2.43. The van der Waals surface area contributed by atoms with Crippen LogP contribution in [0.2, 0.25) is 0 Å². The van der Waals surface area contributed by atoms with Crippen molar-refractivity contribution in [2.45, 2.75) is 44.1 Å². The largest absolute Gasteiger partial charge is 0.464 e. The van der Waals surface area contributed by atoms with Crippen LogP contribution in [-0.2, 0) is 16.0 Å². The number of aryl methyl sites for hydroxylation is 1. The van der Waals surface area contributed by atoms with Gasteiger partial charge in [-0.1, -0.05) is 43.2 Å². The SMILES string of the molecule is NC1(C(=O)OCCCc2ccccc2)CCCC1. The molecule has 0 heterocycles. The van der Waals surface area contributed by atoms with Gasteiger partial charge in [0.25, 0.3) is 0 Å². The lowest BCUT2D eigenvalue weighted by atomic mass is 10.00. The van der Waals surface area contributed by atoms with Crippen LogP contribution in [0.5, 0.6) is 0 Å². The molecule has 0 amide bonds. The fraction of sp³-hybridized carbons (Fsp3) is 0.533. The number of ether oxygens (including phenoxy) is 1. The molecule has 2 rings (SSSR count). The molecule has 1 aromatic carbocycles. The van der Waals surface area contributed by atoms with Crippen molar-refractivity contribution in [2.75, 3.05) is 6.61 Å². The van der Waals surface area contributed by atoms with E-state index in [0.717, 1.165) is 38.5 Å². The topological polar surface area (TPSA) is 52.3 Å². The first-order chi connectivity index (χ1) is 8.71. The molecule has 0 spiro atoms. The van der Waals surface area contributed by atoms with Crippen molar-refractivity contribution in [3.63, 3.8) is 0 Å². The standard InChI is InChI=1S/C15H21NO2/c16-15(10-4-5-11-15)14(17)18-12-6-9-13-7-2-1-3-8-13/h1-3,7-8H,4-6,9-12,16H2. The number of carbonyl (C=O) groups excluding carboxylic acids is 1. The summed E-state index contributed by atoms with van der Waals surface area (Å²) in [6.07, 6.45) is 5.40. The minimum absolute atomic E-state index is 0.215. The number of hydrogen-bond acceptors (Lipinski definition) is 3. The third-order valence-corrected chi connectivity index (χ3v) is 3.59. The highest BCUT2D eigenvalue weighted by atomic mass is 16.5. The van der Waals surface area contributed by atoms with Crippen molar-refractivity contribution in [1.82, 2.24) is 0 Å². The zero-order valence-corrected chi connectivity index (χ0v) is 10.7. The Morgan fingerprint density at radius 1 is 1.22 bits per heavy atom. The molecule has 18 heavy (non-hydrogen) atoms. The quantitative estimate of drug-likeness (QED) is 0.642. The summed E-state index contributed by atoms with van der Waals surface area (Å²) in [5.74, 6) is -0.215.